The van der Waals surface area contributed by atoms with Crippen molar-refractivity contribution in [3.8, 4) is 0 Å². The second-order valence-corrected chi connectivity index (χ2v) is 14.8. The molecular weight excluding hydrogens is 615 g/mol. The third kappa shape index (κ3) is 37.6. The first-order chi connectivity index (χ1) is 24.7. The molecule has 0 aliphatic carbocycles. The zero-order valence-electron chi connectivity index (χ0n) is 33.4. The maximum absolute atomic E-state index is 12.3. The summed E-state index contributed by atoms with van der Waals surface area (Å²) in [6.07, 6.45) is 56.6. The lowest BCUT2D eigenvalue weighted by Crippen LogP contribution is -2.45. The summed E-state index contributed by atoms with van der Waals surface area (Å²) in [6.45, 7) is 4.26. The number of hydrogen-bond donors (Lipinski definition) is 3. The Morgan fingerprint density at radius 3 is 1.28 bits per heavy atom. The summed E-state index contributed by atoms with van der Waals surface area (Å²) in [5, 5.41) is 22.9. The highest BCUT2D eigenvalue weighted by Gasteiger charge is 2.17. The van der Waals surface area contributed by atoms with Gasteiger partial charge in [-0.15, -0.1) is 0 Å². The molecule has 2 atom stereocenters. The highest BCUT2D eigenvalue weighted by atomic mass is 16.3. The topological polar surface area (TPSA) is 69.6 Å². The molecule has 4 nitrogen and oxygen atoms in total. The molecule has 292 valence electrons. The molecular formula is C46H85NO3. The maximum atomic E-state index is 12.3. The van der Waals surface area contributed by atoms with Crippen LogP contribution in [0.2, 0.25) is 0 Å². The van der Waals surface area contributed by atoms with Crippen LogP contribution in [-0.4, -0.2) is 34.9 Å². The van der Waals surface area contributed by atoms with E-state index in [9.17, 15) is 15.0 Å². The summed E-state index contributed by atoms with van der Waals surface area (Å²) < 4.78 is 0. The minimum absolute atomic E-state index is 0.0759. The van der Waals surface area contributed by atoms with E-state index in [4.69, 9.17) is 0 Å². The average molecular weight is 700 g/mol. The van der Waals surface area contributed by atoms with Gasteiger partial charge in [-0.05, 0) is 64.2 Å². The highest BCUT2D eigenvalue weighted by Crippen LogP contribution is 2.15. The zero-order valence-corrected chi connectivity index (χ0v) is 33.4. The van der Waals surface area contributed by atoms with E-state index in [1.54, 1.807) is 6.08 Å². The van der Waals surface area contributed by atoms with Crippen molar-refractivity contribution >= 4 is 5.91 Å². The van der Waals surface area contributed by atoms with Crippen LogP contribution in [0.25, 0.3) is 0 Å². The van der Waals surface area contributed by atoms with E-state index in [1.165, 1.54) is 161 Å². The van der Waals surface area contributed by atoms with Gasteiger partial charge in [0.2, 0.25) is 5.91 Å². The van der Waals surface area contributed by atoms with Crippen molar-refractivity contribution in [2.75, 3.05) is 6.61 Å². The van der Waals surface area contributed by atoms with Gasteiger partial charge in [0.1, 0.15) is 0 Å². The molecule has 2 unspecified atom stereocenters. The fourth-order valence-electron chi connectivity index (χ4n) is 6.40. The van der Waals surface area contributed by atoms with E-state index in [2.05, 4.69) is 55.6 Å². The Bertz CT molecular complexity index is 801. The first-order valence-corrected chi connectivity index (χ1v) is 21.9. The minimum atomic E-state index is -0.860. The Kier molecular flexibility index (Phi) is 40.4. The molecule has 0 aromatic carbocycles. The van der Waals surface area contributed by atoms with Gasteiger partial charge in [0.05, 0.1) is 18.8 Å². The van der Waals surface area contributed by atoms with Gasteiger partial charge in [-0.3, -0.25) is 4.79 Å². The van der Waals surface area contributed by atoms with Crippen LogP contribution in [0.5, 0.6) is 0 Å². The molecule has 4 heteroatoms. The van der Waals surface area contributed by atoms with Crippen LogP contribution in [0.1, 0.15) is 219 Å². The number of aliphatic hydroxyl groups is 2. The molecule has 0 aromatic rings. The van der Waals surface area contributed by atoms with Crippen LogP contribution >= 0.6 is 0 Å². The first-order valence-electron chi connectivity index (χ1n) is 21.9. The van der Waals surface area contributed by atoms with Gasteiger partial charge in [-0.2, -0.15) is 0 Å². The Hall–Kier alpha value is -1.65. The lowest BCUT2D eigenvalue weighted by atomic mass is 10.0. The predicted octanol–water partition coefficient (Wildman–Crippen LogP) is 13.6. The Balaban J connectivity index is 3.51. The van der Waals surface area contributed by atoms with Gasteiger partial charge in [0, 0.05) is 6.42 Å². The fraction of sp³-hybridized carbons (Fsp3) is 0.804. The molecule has 0 rings (SSSR count). The number of nitrogens with one attached hydrogen (secondary N) is 1. The van der Waals surface area contributed by atoms with Gasteiger partial charge >= 0.3 is 0 Å². The number of amides is 1. The Morgan fingerprint density at radius 2 is 0.840 bits per heavy atom. The Morgan fingerprint density at radius 1 is 0.480 bits per heavy atom. The van der Waals surface area contributed by atoms with Crippen LogP contribution < -0.4 is 5.32 Å². The molecule has 0 bridgehead atoms. The number of aliphatic hydroxyl groups excluding tert-OH is 2. The number of rotatable bonds is 39. The van der Waals surface area contributed by atoms with E-state index in [1.807, 2.05) is 6.08 Å². The summed E-state index contributed by atoms with van der Waals surface area (Å²) in [5.74, 6) is -0.0759. The van der Waals surface area contributed by atoms with Crippen molar-refractivity contribution in [3.05, 3.63) is 48.6 Å². The van der Waals surface area contributed by atoms with Gasteiger partial charge in [0.15, 0.2) is 0 Å². The molecule has 0 aliphatic heterocycles. The van der Waals surface area contributed by atoms with Gasteiger partial charge in [-0.1, -0.05) is 197 Å². The van der Waals surface area contributed by atoms with Gasteiger partial charge in [-0.25, -0.2) is 0 Å². The van der Waals surface area contributed by atoms with Crippen molar-refractivity contribution in [3.63, 3.8) is 0 Å². The van der Waals surface area contributed by atoms with E-state index >= 15 is 0 Å². The lowest BCUT2D eigenvalue weighted by molar-refractivity contribution is -0.123. The van der Waals surface area contributed by atoms with Crippen molar-refractivity contribution in [2.24, 2.45) is 0 Å². The smallest absolute Gasteiger partial charge is 0.220 e. The Labute approximate surface area is 312 Å². The molecule has 0 aliphatic rings. The van der Waals surface area contributed by atoms with E-state index in [-0.39, 0.29) is 12.5 Å². The van der Waals surface area contributed by atoms with Crippen molar-refractivity contribution in [2.45, 2.75) is 231 Å². The molecule has 0 spiro atoms. The largest absolute Gasteiger partial charge is 0.394 e. The normalized spacial score (nSPS) is 13.4. The number of carbonyl (C=O) groups is 1. The highest BCUT2D eigenvalue weighted by molar-refractivity contribution is 5.76. The quantitative estimate of drug-likeness (QED) is 0.0442. The summed E-state index contributed by atoms with van der Waals surface area (Å²) >= 11 is 0. The molecule has 3 N–H and O–H groups in total. The predicted molar refractivity (Wildman–Crippen MR) is 221 cm³/mol. The summed E-state index contributed by atoms with van der Waals surface area (Å²) in [7, 11) is 0. The molecule has 0 heterocycles. The van der Waals surface area contributed by atoms with Crippen LogP contribution in [0.3, 0.4) is 0 Å². The monoisotopic (exact) mass is 700 g/mol. The molecule has 0 fully saturated rings. The number of allylic oxidation sites excluding steroid dienone is 7. The SMILES string of the molecule is CCCCCCC/C=C\C/C=C\CCCCCCCCCCCCCCCCCC(=O)NC(CO)C(O)/C=C/CC/C=C/CCCCCCC. The molecule has 50 heavy (non-hydrogen) atoms. The average Bonchev–Trinajstić information content (AvgIpc) is 3.12. The van der Waals surface area contributed by atoms with Gasteiger partial charge < -0.3 is 15.5 Å². The molecule has 0 radical (unpaired) electrons. The molecule has 1 amide bonds. The van der Waals surface area contributed by atoms with E-state index in [0.29, 0.717) is 6.42 Å². The van der Waals surface area contributed by atoms with Crippen molar-refractivity contribution < 1.29 is 15.0 Å². The van der Waals surface area contributed by atoms with E-state index < -0.39 is 12.1 Å². The van der Waals surface area contributed by atoms with Gasteiger partial charge in [0.25, 0.3) is 0 Å². The number of unbranched alkanes of at least 4 members (excludes halogenated alkanes) is 26. The first kappa shape index (κ1) is 48.3. The molecule has 0 saturated heterocycles. The zero-order chi connectivity index (χ0) is 36.4. The van der Waals surface area contributed by atoms with Crippen molar-refractivity contribution in [1.82, 2.24) is 5.32 Å². The summed E-state index contributed by atoms with van der Waals surface area (Å²) in [4.78, 5) is 12.3. The van der Waals surface area contributed by atoms with Crippen LogP contribution in [-0.2, 0) is 4.79 Å². The molecule has 0 saturated carbocycles. The van der Waals surface area contributed by atoms with E-state index in [0.717, 1.165) is 38.5 Å². The van der Waals surface area contributed by atoms with Crippen LogP contribution in [0, 0.1) is 0 Å². The summed E-state index contributed by atoms with van der Waals surface area (Å²) in [6, 6.07) is -0.637. The standard InChI is InChI=1S/C46H85NO3/c1-3-5-7-9-11-13-15-16-17-18-19-20-21-22-23-24-25-26-27-28-29-30-32-34-36-38-40-42-46(50)47-44(43-48)45(49)41-39-37-35-33-31-14-12-10-8-6-4-2/h15-16,18-19,31,33,39,41,44-45,48-49H,3-14,17,20-30,32,34-38,40,42-43H2,1-2H3,(H,47,50)/b16-15-,19-18-,33-31+,41-39+. The van der Waals surface area contributed by atoms with Crippen LogP contribution in [0.4, 0.5) is 0 Å². The third-order valence-electron chi connectivity index (χ3n) is 9.78. The molecule has 0 aromatic heterocycles. The second-order valence-electron chi connectivity index (χ2n) is 14.8. The van der Waals surface area contributed by atoms with Crippen molar-refractivity contribution in [1.29, 1.82) is 0 Å². The van der Waals surface area contributed by atoms with Crippen LogP contribution in [0.15, 0.2) is 48.6 Å². The third-order valence-corrected chi connectivity index (χ3v) is 9.78. The summed E-state index contributed by atoms with van der Waals surface area (Å²) in [5.41, 5.74) is 0. The minimum Gasteiger partial charge on any atom is -0.394 e. The number of hydrogen-bond acceptors (Lipinski definition) is 3. The maximum Gasteiger partial charge on any atom is 0.220 e. The number of carbonyl (C=O) groups excluding carboxylic acids is 1. The lowest BCUT2D eigenvalue weighted by Gasteiger charge is -2.19. The fourth-order valence-corrected chi connectivity index (χ4v) is 6.40. The second kappa shape index (κ2) is 41.8.